The molecule has 8 nitrogen and oxygen atoms in total. The summed E-state index contributed by atoms with van der Waals surface area (Å²) < 4.78 is 5.31. The van der Waals surface area contributed by atoms with Crippen molar-refractivity contribution in [3.8, 4) is 0 Å². The largest absolute Gasteiger partial charge is 0.480 e. The number of H-pyrrole nitrogens is 1. The van der Waals surface area contributed by atoms with Gasteiger partial charge >= 0.3 is 12.0 Å². The Morgan fingerprint density at radius 1 is 1.48 bits per heavy atom. The van der Waals surface area contributed by atoms with E-state index in [4.69, 9.17) is 9.84 Å². The van der Waals surface area contributed by atoms with E-state index in [9.17, 15) is 9.59 Å². The van der Waals surface area contributed by atoms with E-state index in [1.807, 2.05) is 13.8 Å². The number of carboxylic acid groups (broad SMARTS) is 1. The van der Waals surface area contributed by atoms with Gasteiger partial charge in [0.1, 0.15) is 6.04 Å². The van der Waals surface area contributed by atoms with Crippen LogP contribution in [0.15, 0.2) is 12.5 Å². The highest BCUT2D eigenvalue weighted by Gasteiger charge is 2.20. The number of carbonyl (C=O) groups is 2. The molecular weight excluding hydrogens is 276 g/mol. The van der Waals surface area contributed by atoms with Gasteiger partial charge in [0.05, 0.1) is 12.9 Å². The summed E-state index contributed by atoms with van der Waals surface area (Å²) in [5.41, 5.74) is 0.642. The number of urea groups is 1. The van der Waals surface area contributed by atoms with Crippen molar-refractivity contribution in [2.75, 3.05) is 19.8 Å². The average molecular weight is 298 g/mol. The zero-order valence-corrected chi connectivity index (χ0v) is 12.3. The van der Waals surface area contributed by atoms with Crippen LogP contribution in [0.4, 0.5) is 4.79 Å². The molecule has 0 aliphatic carbocycles. The van der Waals surface area contributed by atoms with E-state index in [0.717, 1.165) is 0 Å². The maximum Gasteiger partial charge on any atom is 0.326 e. The number of carbonyl (C=O) groups excluding carboxylic acids is 1. The molecule has 1 aromatic rings. The molecule has 0 spiro atoms. The molecule has 2 amide bonds. The predicted octanol–water partition coefficient (Wildman–Crippen LogP) is 0.377. The molecule has 1 rings (SSSR count). The Kier molecular flexibility index (Phi) is 7.24. The van der Waals surface area contributed by atoms with Crippen LogP contribution in [0.3, 0.4) is 0 Å². The highest BCUT2D eigenvalue weighted by Crippen LogP contribution is 1.98. The van der Waals surface area contributed by atoms with Crippen molar-refractivity contribution in [3.05, 3.63) is 18.2 Å². The normalized spacial score (nSPS) is 12.1. The molecule has 0 aliphatic rings. The number of aromatic nitrogens is 2. The third-order valence-corrected chi connectivity index (χ3v) is 2.57. The minimum atomic E-state index is -1.10. The summed E-state index contributed by atoms with van der Waals surface area (Å²) in [5.74, 6) is -0.666. The fourth-order valence-corrected chi connectivity index (χ4v) is 1.58. The third-order valence-electron chi connectivity index (χ3n) is 2.57. The zero-order chi connectivity index (χ0) is 15.7. The third kappa shape index (κ3) is 7.31. The number of nitrogens with zero attached hydrogens (tertiary/aromatic N) is 1. The maximum atomic E-state index is 11.6. The second kappa shape index (κ2) is 8.96. The van der Waals surface area contributed by atoms with Crippen LogP contribution in [0.5, 0.6) is 0 Å². The number of nitrogens with one attached hydrogen (secondary N) is 3. The smallest absolute Gasteiger partial charge is 0.326 e. The number of rotatable bonds is 9. The molecule has 0 saturated heterocycles. The Morgan fingerprint density at radius 2 is 2.24 bits per heavy atom. The monoisotopic (exact) mass is 298 g/mol. The Hall–Kier alpha value is -2.09. The van der Waals surface area contributed by atoms with Gasteiger partial charge in [-0.2, -0.15) is 0 Å². The molecule has 118 valence electrons. The van der Waals surface area contributed by atoms with Crippen LogP contribution >= 0.6 is 0 Å². The first-order chi connectivity index (χ1) is 9.99. The number of imidazole rings is 1. The van der Waals surface area contributed by atoms with Gasteiger partial charge in [-0.15, -0.1) is 0 Å². The van der Waals surface area contributed by atoms with Gasteiger partial charge in [0.15, 0.2) is 0 Å². The van der Waals surface area contributed by atoms with E-state index in [2.05, 4.69) is 20.6 Å². The van der Waals surface area contributed by atoms with Gasteiger partial charge in [-0.3, -0.25) is 0 Å². The minimum Gasteiger partial charge on any atom is -0.480 e. The maximum absolute atomic E-state index is 11.6. The van der Waals surface area contributed by atoms with Crippen LogP contribution in [0, 0.1) is 5.92 Å². The summed E-state index contributed by atoms with van der Waals surface area (Å²) in [6.07, 6.45) is 3.13. The lowest BCUT2D eigenvalue weighted by Gasteiger charge is -2.14. The van der Waals surface area contributed by atoms with E-state index in [0.29, 0.717) is 31.4 Å². The lowest BCUT2D eigenvalue weighted by Crippen LogP contribution is -2.47. The molecule has 0 radical (unpaired) electrons. The van der Waals surface area contributed by atoms with Gasteiger partial charge in [-0.25, -0.2) is 14.6 Å². The Labute approximate surface area is 123 Å². The first-order valence-electron chi connectivity index (χ1n) is 6.81. The van der Waals surface area contributed by atoms with Crippen molar-refractivity contribution in [1.82, 2.24) is 20.6 Å². The van der Waals surface area contributed by atoms with Gasteiger partial charge in [0.2, 0.25) is 0 Å². The van der Waals surface area contributed by atoms with E-state index in [-0.39, 0.29) is 6.42 Å². The fraction of sp³-hybridized carbons (Fsp3) is 0.615. The van der Waals surface area contributed by atoms with Crippen molar-refractivity contribution < 1.29 is 19.4 Å². The van der Waals surface area contributed by atoms with Crippen molar-refractivity contribution in [3.63, 3.8) is 0 Å². The molecular formula is C13H22N4O4. The van der Waals surface area contributed by atoms with Crippen LogP contribution in [0.1, 0.15) is 19.5 Å². The summed E-state index contributed by atoms with van der Waals surface area (Å²) in [7, 11) is 0. The molecule has 1 atom stereocenters. The van der Waals surface area contributed by atoms with Crippen molar-refractivity contribution in [1.29, 1.82) is 0 Å². The molecule has 4 N–H and O–H groups in total. The minimum absolute atomic E-state index is 0.145. The summed E-state index contributed by atoms with van der Waals surface area (Å²) in [5, 5.41) is 14.0. The number of aliphatic carboxylic acids is 1. The molecule has 0 aromatic carbocycles. The fourth-order valence-electron chi connectivity index (χ4n) is 1.58. The van der Waals surface area contributed by atoms with Crippen LogP contribution in [-0.2, 0) is 16.0 Å². The highest BCUT2D eigenvalue weighted by atomic mass is 16.5. The van der Waals surface area contributed by atoms with Gasteiger partial charge < -0.3 is 25.5 Å². The highest BCUT2D eigenvalue weighted by molar-refractivity contribution is 5.82. The molecule has 21 heavy (non-hydrogen) atoms. The number of ether oxygens (including phenoxy) is 1. The molecule has 0 saturated carbocycles. The van der Waals surface area contributed by atoms with Crippen LogP contribution in [0.2, 0.25) is 0 Å². The number of amides is 2. The van der Waals surface area contributed by atoms with E-state index < -0.39 is 18.0 Å². The summed E-state index contributed by atoms with van der Waals surface area (Å²) in [6, 6.07) is -1.54. The topological polar surface area (TPSA) is 116 Å². The van der Waals surface area contributed by atoms with E-state index in [1.165, 1.54) is 12.5 Å². The molecule has 0 fully saturated rings. The summed E-state index contributed by atoms with van der Waals surface area (Å²) in [6.45, 7) is 5.42. The van der Waals surface area contributed by atoms with E-state index >= 15 is 0 Å². The number of aromatic amines is 1. The Balaban J connectivity index is 2.27. The quantitative estimate of drug-likeness (QED) is 0.492. The van der Waals surface area contributed by atoms with Crippen molar-refractivity contribution >= 4 is 12.0 Å². The first-order valence-corrected chi connectivity index (χ1v) is 6.81. The predicted molar refractivity (Wildman–Crippen MR) is 75.9 cm³/mol. The van der Waals surface area contributed by atoms with Gasteiger partial charge in [-0.1, -0.05) is 13.8 Å². The van der Waals surface area contributed by atoms with Crippen LogP contribution in [0.25, 0.3) is 0 Å². The first kappa shape index (κ1) is 17.0. The molecule has 0 bridgehead atoms. The van der Waals surface area contributed by atoms with Crippen molar-refractivity contribution in [2.24, 2.45) is 5.92 Å². The molecule has 1 heterocycles. The zero-order valence-electron chi connectivity index (χ0n) is 12.3. The number of carboxylic acids is 1. The lowest BCUT2D eigenvalue weighted by atomic mass is 10.2. The molecule has 0 aliphatic heterocycles. The molecule has 0 unspecified atom stereocenters. The summed E-state index contributed by atoms with van der Waals surface area (Å²) in [4.78, 5) is 29.3. The Morgan fingerprint density at radius 3 is 2.81 bits per heavy atom. The average Bonchev–Trinajstić information content (AvgIpc) is 2.90. The van der Waals surface area contributed by atoms with Gasteiger partial charge in [0, 0.05) is 31.5 Å². The molecule has 1 aromatic heterocycles. The van der Waals surface area contributed by atoms with Gasteiger partial charge in [-0.05, 0) is 5.92 Å². The second-order valence-corrected chi connectivity index (χ2v) is 5.04. The van der Waals surface area contributed by atoms with E-state index in [1.54, 1.807) is 0 Å². The lowest BCUT2D eigenvalue weighted by molar-refractivity contribution is -0.139. The summed E-state index contributed by atoms with van der Waals surface area (Å²) >= 11 is 0. The second-order valence-electron chi connectivity index (χ2n) is 5.04. The SMILES string of the molecule is CC(C)COCCNC(=O)N[C@H](Cc1cnc[nH]1)C(=O)O. The van der Waals surface area contributed by atoms with Crippen molar-refractivity contribution in [2.45, 2.75) is 26.3 Å². The number of hydrogen-bond donors (Lipinski definition) is 4. The van der Waals surface area contributed by atoms with Crippen LogP contribution < -0.4 is 10.6 Å². The molecule has 8 heteroatoms. The Bertz CT molecular complexity index is 433. The van der Waals surface area contributed by atoms with Gasteiger partial charge in [0.25, 0.3) is 0 Å². The number of hydrogen-bond acceptors (Lipinski definition) is 4. The standard InChI is InChI=1S/C13H22N4O4/c1-9(2)7-21-4-3-15-13(20)17-11(12(18)19)5-10-6-14-8-16-10/h6,8-9,11H,3-5,7H2,1-2H3,(H,14,16)(H,18,19)(H2,15,17,20)/t11-/m1/s1. The van der Waals surface area contributed by atoms with Crippen LogP contribution in [-0.4, -0.2) is 52.9 Å².